The van der Waals surface area contributed by atoms with Gasteiger partial charge in [-0.3, -0.25) is 4.21 Å². The van der Waals surface area contributed by atoms with Crippen molar-refractivity contribution in [3.63, 3.8) is 0 Å². The summed E-state index contributed by atoms with van der Waals surface area (Å²) < 4.78 is 16.7. The Labute approximate surface area is 133 Å². The number of nitrogens with one attached hydrogen (secondary N) is 1. The minimum Gasteiger partial charge on any atom is -0.389 e. The molecule has 0 amide bonds. The molecule has 0 aliphatic carbocycles. The van der Waals surface area contributed by atoms with Crippen LogP contribution in [0.3, 0.4) is 0 Å². The summed E-state index contributed by atoms with van der Waals surface area (Å²) in [6.07, 6.45) is 1.29. The molecule has 1 unspecified atom stereocenters. The van der Waals surface area contributed by atoms with E-state index in [9.17, 15) is 9.32 Å². The van der Waals surface area contributed by atoms with Gasteiger partial charge in [0, 0.05) is 39.9 Å². The minimum atomic E-state index is -0.643. The van der Waals surface area contributed by atoms with Gasteiger partial charge in [-0.05, 0) is 24.5 Å². The fraction of sp³-hybridized carbons (Fsp3) is 0.600. The fourth-order valence-corrected chi connectivity index (χ4v) is 3.77. The summed E-state index contributed by atoms with van der Waals surface area (Å²) in [6.45, 7) is 1.18. The molecule has 2 N–H and O–H groups in total. The van der Waals surface area contributed by atoms with Crippen molar-refractivity contribution in [2.45, 2.75) is 31.6 Å². The summed E-state index contributed by atoms with van der Waals surface area (Å²) in [5.41, 5.74) is 0.925. The minimum absolute atomic E-state index is 0.275. The van der Waals surface area contributed by atoms with Gasteiger partial charge in [0.15, 0.2) is 0 Å². The third kappa shape index (κ3) is 6.04. The van der Waals surface area contributed by atoms with Crippen LogP contribution in [0.15, 0.2) is 24.3 Å². The van der Waals surface area contributed by atoms with Gasteiger partial charge >= 0.3 is 0 Å². The van der Waals surface area contributed by atoms with Crippen LogP contribution < -0.4 is 5.32 Å². The highest BCUT2D eigenvalue weighted by Crippen LogP contribution is 2.15. The van der Waals surface area contributed by atoms with Crippen LogP contribution in [0, 0.1) is 0 Å². The Hall–Kier alpha value is -0.460. The molecule has 6 heteroatoms. The van der Waals surface area contributed by atoms with Crippen molar-refractivity contribution in [3.8, 4) is 0 Å². The summed E-state index contributed by atoms with van der Waals surface area (Å²) in [7, 11) is -0.643. The van der Waals surface area contributed by atoms with Crippen LogP contribution in [0.4, 0.5) is 0 Å². The van der Waals surface area contributed by atoms with Crippen LogP contribution in [0.25, 0.3) is 0 Å². The maximum Gasteiger partial charge on any atom is 0.0897 e. The van der Waals surface area contributed by atoms with E-state index in [2.05, 4.69) is 5.32 Å². The Morgan fingerprint density at radius 2 is 2.10 bits per heavy atom. The average molecular weight is 332 g/mol. The highest BCUT2D eigenvalue weighted by Gasteiger charge is 2.18. The van der Waals surface area contributed by atoms with E-state index in [4.69, 9.17) is 16.3 Å². The van der Waals surface area contributed by atoms with Gasteiger partial charge < -0.3 is 15.2 Å². The molecule has 21 heavy (non-hydrogen) atoms. The zero-order chi connectivity index (χ0) is 15.1. The molecule has 1 aliphatic rings. The molecule has 1 heterocycles. The Morgan fingerprint density at radius 1 is 1.38 bits per heavy atom. The first kappa shape index (κ1) is 16.9. The third-order valence-corrected chi connectivity index (χ3v) is 5.31. The predicted molar refractivity (Wildman–Crippen MR) is 86.0 cm³/mol. The largest absolute Gasteiger partial charge is 0.389 e. The maximum absolute atomic E-state index is 11.3. The molecule has 118 valence electrons. The second-order valence-electron chi connectivity index (χ2n) is 5.29. The Balaban J connectivity index is 1.60. The highest BCUT2D eigenvalue weighted by atomic mass is 35.5. The van der Waals surface area contributed by atoms with E-state index in [1.54, 1.807) is 0 Å². The number of rotatable bonds is 7. The molecule has 0 saturated carbocycles. The lowest BCUT2D eigenvalue weighted by Crippen LogP contribution is -2.41. The van der Waals surface area contributed by atoms with Crippen molar-refractivity contribution < 1.29 is 14.1 Å². The zero-order valence-electron chi connectivity index (χ0n) is 12.0. The standard InChI is InChI=1S/C15H22ClNO3S/c16-15-4-2-1-3-12(15)10-20-11-14(18)9-17-13-5-7-21(19)8-6-13/h1-4,13-14,17-18H,5-11H2. The van der Waals surface area contributed by atoms with Crippen molar-refractivity contribution in [1.82, 2.24) is 5.32 Å². The molecule has 1 saturated heterocycles. The monoisotopic (exact) mass is 331 g/mol. The highest BCUT2D eigenvalue weighted by molar-refractivity contribution is 7.85. The Bertz CT molecular complexity index is 462. The number of hydrogen-bond acceptors (Lipinski definition) is 4. The molecular weight excluding hydrogens is 310 g/mol. The molecule has 1 atom stereocenters. The molecule has 0 radical (unpaired) electrons. The van der Waals surface area contributed by atoms with Crippen LogP contribution in [-0.2, 0) is 22.1 Å². The van der Waals surface area contributed by atoms with E-state index >= 15 is 0 Å². The Kier molecular flexibility index (Phi) is 7.13. The summed E-state index contributed by atoms with van der Waals surface area (Å²) in [6, 6.07) is 7.89. The van der Waals surface area contributed by atoms with Crippen LogP contribution in [-0.4, -0.2) is 46.1 Å². The van der Waals surface area contributed by atoms with E-state index < -0.39 is 16.9 Å². The number of hydrogen-bond donors (Lipinski definition) is 2. The number of benzene rings is 1. The molecule has 1 aromatic rings. The van der Waals surface area contributed by atoms with Gasteiger partial charge in [-0.1, -0.05) is 29.8 Å². The van der Waals surface area contributed by atoms with E-state index in [0.717, 1.165) is 29.9 Å². The van der Waals surface area contributed by atoms with Crippen LogP contribution in [0.5, 0.6) is 0 Å². The molecule has 1 aromatic carbocycles. The van der Waals surface area contributed by atoms with Gasteiger partial charge in [0.1, 0.15) is 0 Å². The quantitative estimate of drug-likeness (QED) is 0.798. The number of ether oxygens (including phenoxy) is 1. The SMILES string of the molecule is O=S1CCC(NCC(O)COCc2ccccc2Cl)CC1. The molecule has 1 aliphatic heterocycles. The maximum atomic E-state index is 11.3. The van der Waals surface area contributed by atoms with Crippen LogP contribution in [0.1, 0.15) is 18.4 Å². The van der Waals surface area contributed by atoms with Crippen molar-refractivity contribution in [3.05, 3.63) is 34.9 Å². The van der Waals surface area contributed by atoms with Crippen LogP contribution in [0.2, 0.25) is 5.02 Å². The van der Waals surface area contributed by atoms with Gasteiger partial charge in [-0.2, -0.15) is 0 Å². The molecule has 0 aromatic heterocycles. The number of halogens is 1. The van der Waals surface area contributed by atoms with E-state index in [1.807, 2.05) is 24.3 Å². The normalized spacial score (nSPS) is 23.9. The zero-order valence-corrected chi connectivity index (χ0v) is 13.5. The second kappa shape index (κ2) is 8.86. The number of aliphatic hydroxyl groups excluding tert-OH is 1. The summed E-state index contributed by atoms with van der Waals surface area (Å²) in [5, 5.41) is 13.9. The van der Waals surface area contributed by atoms with Crippen molar-refractivity contribution >= 4 is 22.4 Å². The lowest BCUT2D eigenvalue weighted by atomic mass is 10.1. The second-order valence-corrected chi connectivity index (χ2v) is 7.39. The summed E-state index contributed by atoms with van der Waals surface area (Å²) in [4.78, 5) is 0. The molecule has 0 spiro atoms. The topological polar surface area (TPSA) is 58.6 Å². The third-order valence-electron chi connectivity index (χ3n) is 3.56. The van der Waals surface area contributed by atoms with Gasteiger partial charge in [0.2, 0.25) is 0 Å². The van der Waals surface area contributed by atoms with Gasteiger partial charge in [0.25, 0.3) is 0 Å². The molecule has 4 nitrogen and oxygen atoms in total. The first-order valence-electron chi connectivity index (χ1n) is 7.22. The van der Waals surface area contributed by atoms with Crippen LogP contribution >= 0.6 is 11.6 Å². The predicted octanol–water partition coefficient (Wildman–Crippen LogP) is 1.72. The van der Waals surface area contributed by atoms with E-state index in [-0.39, 0.29) is 6.61 Å². The first-order valence-corrected chi connectivity index (χ1v) is 9.09. The van der Waals surface area contributed by atoms with Crippen molar-refractivity contribution in [2.75, 3.05) is 24.7 Å². The smallest absolute Gasteiger partial charge is 0.0897 e. The van der Waals surface area contributed by atoms with Gasteiger partial charge in [-0.15, -0.1) is 0 Å². The van der Waals surface area contributed by atoms with Gasteiger partial charge in [-0.25, -0.2) is 0 Å². The van der Waals surface area contributed by atoms with Crippen molar-refractivity contribution in [2.24, 2.45) is 0 Å². The first-order chi connectivity index (χ1) is 10.1. The summed E-state index contributed by atoms with van der Waals surface area (Å²) in [5.74, 6) is 1.52. The molecule has 0 bridgehead atoms. The Morgan fingerprint density at radius 3 is 2.81 bits per heavy atom. The van der Waals surface area contributed by atoms with E-state index in [0.29, 0.717) is 24.2 Å². The van der Waals surface area contributed by atoms with Gasteiger partial charge in [0.05, 0.1) is 19.3 Å². The summed E-state index contributed by atoms with van der Waals surface area (Å²) >= 11 is 6.03. The molecular formula is C15H22ClNO3S. The number of aliphatic hydroxyl groups is 1. The molecule has 2 rings (SSSR count). The molecule has 1 fully saturated rings. The average Bonchev–Trinajstić information content (AvgIpc) is 2.49. The lowest BCUT2D eigenvalue weighted by molar-refractivity contribution is 0.0275. The fourth-order valence-electron chi connectivity index (χ4n) is 2.28. The van der Waals surface area contributed by atoms with Crippen molar-refractivity contribution in [1.29, 1.82) is 0 Å². The lowest BCUT2D eigenvalue weighted by Gasteiger charge is -2.24. The van der Waals surface area contributed by atoms with E-state index in [1.165, 1.54) is 0 Å².